The molecule has 1 aromatic heterocycles. The molecule has 1 N–H and O–H groups in total. The molecule has 0 bridgehead atoms. The third kappa shape index (κ3) is 5.96. The molecule has 1 fully saturated rings. The molecule has 7 nitrogen and oxygen atoms in total. The number of anilines is 1. The lowest BCUT2D eigenvalue weighted by molar-refractivity contribution is 0.0943. The van der Waals surface area contributed by atoms with Crippen molar-refractivity contribution in [3.8, 4) is 6.07 Å². The maximum atomic E-state index is 13.1. The number of rotatable bonds is 8. The van der Waals surface area contributed by atoms with Gasteiger partial charge in [-0.2, -0.15) is 10.2 Å². The van der Waals surface area contributed by atoms with Crippen LogP contribution in [-0.4, -0.2) is 38.9 Å². The second-order valence-electron chi connectivity index (χ2n) is 8.79. The zero-order chi connectivity index (χ0) is 23.3. The van der Waals surface area contributed by atoms with Gasteiger partial charge < -0.3 is 0 Å². The average molecular weight is 455 g/mol. The Kier molecular flexibility index (Phi) is 8.05. The Balaban J connectivity index is 1.78. The standard InChI is InChI=1S/C24H31ClN6O/c1-16(2)30(17(3)4)15-18-9-11-19(12-10-18)24(32)29-31(20-7-5-6-8-20)23-13-21(25)27-22(14-26)28-23/h9-13,16-17,20H,5-8,15H2,1-4H3,(H,29,32). The van der Waals surface area contributed by atoms with Gasteiger partial charge in [0.1, 0.15) is 11.2 Å². The second kappa shape index (κ2) is 10.8. The Morgan fingerprint density at radius 3 is 2.34 bits per heavy atom. The molecular weight excluding hydrogens is 424 g/mol. The predicted molar refractivity (Wildman–Crippen MR) is 126 cm³/mol. The summed E-state index contributed by atoms with van der Waals surface area (Å²) in [6.07, 6.45) is 4.03. The molecule has 2 aromatic rings. The zero-order valence-corrected chi connectivity index (χ0v) is 19.9. The van der Waals surface area contributed by atoms with Crippen LogP contribution in [0, 0.1) is 11.3 Å². The van der Waals surface area contributed by atoms with E-state index in [9.17, 15) is 10.1 Å². The van der Waals surface area contributed by atoms with Gasteiger partial charge >= 0.3 is 0 Å². The van der Waals surface area contributed by atoms with Gasteiger partial charge in [0.15, 0.2) is 5.82 Å². The molecule has 0 atom stereocenters. The Morgan fingerprint density at radius 1 is 1.16 bits per heavy atom. The molecule has 1 aliphatic carbocycles. The average Bonchev–Trinajstić information content (AvgIpc) is 3.29. The minimum absolute atomic E-state index is 0.0195. The van der Waals surface area contributed by atoms with Crippen molar-refractivity contribution in [1.82, 2.24) is 20.3 Å². The summed E-state index contributed by atoms with van der Waals surface area (Å²) in [7, 11) is 0. The molecule has 1 saturated carbocycles. The largest absolute Gasteiger partial charge is 0.294 e. The molecule has 0 saturated heterocycles. The van der Waals surface area contributed by atoms with E-state index in [1.165, 1.54) is 0 Å². The molecule has 170 valence electrons. The predicted octanol–water partition coefficient (Wildman–Crippen LogP) is 4.71. The van der Waals surface area contributed by atoms with Crippen LogP contribution in [0.15, 0.2) is 30.3 Å². The van der Waals surface area contributed by atoms with E-state index >= 15 is 0 Å². The smallest absolute Gasteiger partial charge is 0.269 e. The van der Waals surface area contributed by atoms with Gasteiger partial charge in [-0.15, -0.1) is 0 Å². The second-order valence-corrected chi connectivity index (χ2v) is 9.18. The van der Waals surface area contributed by atoms with Crippen molar-refractivity contribution in [1.29, 1.82) is 5.26 Å². The van der Waals surface area contributed by atoms with Crippen LogP contribution in [0.2, 0.25) is 5.15 Å². The van der Waals surface area contributed by atoms with Crippen LogP contribution in [0.5, 0.6) is 0 Å². The number of halogens is 1. The van der Waals surface area contributed by atoms with Crippen LogP contribution in [0.4, 0.5) is 5.82 Å². The first-order chi connectivity index (χ1) is 15.3. The Morgan fingerprint density at radius 2 is 1.78 bits per heavy atom. The molecule has 32 heavy (non-hydrogen) atoms. The van der Waals surface area contributed by atoms with Gasteiger partial charge in [0, 0.05) is 30.3 Å². The van der Waals surface area contributed by atoms with E-state index in [1.807, 2.05) is 30.3 Å². The highest BCUT2D eigenvalue weighted by Crippen LogP contribution is 2.27. The van der Waals surface area contributed by atoms with Crippen LogP contribution in [0.25, 0.3) is 0 Å². The van der Waals surface area contributed by atoms with E-state index in [0.717, 1.165) is 37.8 Å². The normalized spacial score (nSPS) is 14.2. The molecule has 3 rings (SSSR count). The fourth-order valence-electron chi connectivity index (χ4n) is 4.18. The Bertz CT molecular complexity index is 955. The highest BCUT2D eigenvalue weighted by Gasteiger charge is 2.27. The first-order valence-corrected chi connectivity index (χ1v) is 11.6. The van der Waals surface area contributed by atoms with Gasteiger partial charge in [0.05, 0.1) is 6.04 Å². The van der Waals surface area contributed by atoms with Crippen molar-refractivity contribution >= 4 is 23.3 Å². The summed E-state index contributed by atoms with van der Waals surface area (Å²) in [6, 6.07) is 12.2. The van der Waals surface area contributed by atoms with Crippen LogP contribution in [0.1, 0.15) is 75.1 Å². The highest BCUT2D eigenvalue weighted by atomic mass is 35.5. The first kappa shape index (κ1) is 24.0. The molecule has 0 unspecified atom stereocenters. The number of nitriles is 1. The number of hydrogen-bond donors (Lipinski definition) is 1. The number of hydrogen-bond acceptors (Lipinski definition) is 6. The van der Waals surface area contributed by atoms with Crippen molar-refractivity contribution in [2.75, 3.05) is 5.01 Å². The topological polar surface area (TPSA) is 85.2 Å². The summed E-state index contributed by atoms with van der Waals surface area (Å²) >= 11 is 6.09. The number of aromatic nitrogens is 2. The van der Waals surface area contributed by atoms with Crippen LogP contribution in [0.3, 0.4) is 0 Å². The van der Waals surface area contributed by atoms with Gasteiger partial charge in [-0.25, -0.2) is 4.98 Å². The number of benzene rings is 1. The summed E-state index contributed by atoms with van der Waals surface area (Å²) in [5.74, 6) is 0.193. The number of nitrogens with one attached hydrogen (secondary N) is 1. The van der Waals surface area contributed by atoms with E-state index in [2.05, 4.69) is 48.0 Å². The van der Waals surface area contributed by atoms with Gasteiger partial charge in [-0.1, -0.05) is 36.6 Å². The SMILES string of the molecule is CC(C)N(Cc1ccc(C(=O)NN(c2cc(Cl)nc(C#N)n2)C2CCCC2)cc1)C(C)C. The highest BCUT2D eigenvalue weighted by molar-refractivity contribution is 6.29. The number of carbonyl (C=O) groups excluding carboxylic acids is 1. The Labute approximate surface area is 195 Å². The number of amides is 1. The first-order valence-electron chi connectivity index (χ1n) is 11.2. The molecule has 1 aliphatic rings. The lowest BCUT2D eigenvalue weighted by Crippen LogP contribution is -2.48. The maximum Gasteiger partial charge on any atom is 0.269 e. The van der Waals surface area contributed by atoms with Crippen LogP contribution in [-0.2, 0) is 6.54 Å². The van der Waals surface area contributed by atoms with Crippen molar-refractivity contribution in [3.05, 3.63) is 52.4 Å². The molecule has 0 spiro atoms. The minimum Gasteiger partial charge on any atom is -0.294 e. The minimum atomic E-state index is -0.221. The van der Waals surface area contributed by atoms with E-state index in [4.69, 9.17) is 11.6 Å². The van der Waals surface area contributed by atoms with Crippen molar-refractivity contribution in [2.45, 2.75) is 78.0 Å². The molecule has 1 amide bonds. The third-order valence-corrected chi connectivity index (χ3v) is 6.04. The van der Waals surface area contributed by atoms with Gasteiger partial charge in [0.2, 0.25) is 5.82 Å². The number of carbonyl (C=O) groups is 1. The fourth-order valence-corrected chi connectivity index (χ4v) is 4.36. The summed E-state index contributed by atoms with van der Waals surface area (Å²) in [5, 5.41) is 11.1. The summed E-state index contributed by atoms with van der Waals surface area (Å²) in [6.45, 7) is 9.60. The van der Waals surface area contributed by atoms with Crippen molar-refractivity contribution in [2.24, 2.45) is 0 Å². The van der Waals surface area contributed by atoms with Crippen LogP contribution >= 0.6 is 11.6 Å². The molecule has 0 radical (unpaired) electrons. The quantitative estimate of drug-likeness (QED) is 0.459. The third-order valence-electron chi connectivity index (χ3n) is 5.85. The monoisotopic (exact) mass is 454 g/mol. The van der Waals surface area contributed by atoms with Gasteiger partial charge in [0.25, 0.3) is 5.91 Å². The van der Waals surface area contributed by atoms with E-state index in [1.54, 1.807) is 11.1 Å². The van der Waals surface area contributed by atoms with E-state index < -0.39 is 0 Å². The number of hydrazine groups is 1. The molecule has 1 heterocycles. The molecule has 1 aromatic carbocycles. The molecule has 0 aliphatic heterocycles. The van der Waals surface area contributed by atoms with E-state index in [-0.39, 0.29) is 22.9 Å². The summed E-state index contributed by atoms with van der Waals surface area (Å²) < 4.78 is 0. The lowest BCUT2D eigenvalue weighted by Gasteiger charge is -2.31. The zero-order valence-electron chi connectivity index (χ0n) is 19.2. The lowest BCUT2D eigenvalue weighted by atomic mass is 10.1. The summed E-state index contributed by atoms with van der Waals surface area (Å²) in [5.41, 5.74) is 4.72. The van der Waals surface area contributed by atoms with Gasteiger partial charge in [-0.3, -0.25) is 20.1 Å². The Hall–Kier alpha value is -2.69. The molecule has 8 heteroatoms. The number of nitrogens with zero attached hydrogens (tertiary/aromatic N) is 5. The fraction of sp³-hybridized carbons (Fsp3) is 0.500. The summed E-state index contributed by atoms with van der Waals surface area (Å²) in [4.78, 5) is 23.7. The van der Waals surface area contributed by atoms with Gasteiger partial charge in [-0.05, 0) is 58.2 Å². The maximum absolute atomic E-state index is 13.1. The van der Waals surface area contributed by atoms with Crippen molar-refractivity contribution in [3.63, 3.8) is 0 Å². The van der Waals surface area contributed by atoms with Crippen LogP contribution < -0.4 is 10.4 Å². The van der Waals surface area contributed by atoms with Crippen molar-refractivity contribution < 1.29 is 4.79 Å². The molecular formula is C24H31ClN6O. The van der Waals surface area contributed by atoms with E-state index in [0.29, 0.717) is 23.5 Å².